The van der Waals surface area contributed by atoms with Gasteiger partial charge in [-0.05, 0) is 12.1 Å². The van der Waals surface area contributed by atoms with Gasteiger partial charge in [0.05, 0.1) is 24.3 Å². The van der Waals surface area contributed by atoms with Crippen LogP contribution < -0.4 is 4.74 Å². The molecule has 0 amide bonds. The zero-order valence-electron chi connectivity index (χ0n) is 7.73. The molecule has 1 aromatic carbocycles. The normalized spacial score (nSPS) is 11.6. The number of alkyl halides is 3. The zero-order valence-corrected chi connectivity index (χ0v) is 8.49. The van der Waals surface area contributed by atoms with Gasteiger partial charge in [0.25, 0.3) is 0 Å². The molecule has 0 saturated heterocycles. The Morgan fingerprint density at radius 1 is 1.40 bits per heavy atom. The van der Waals surface area contributed by atoms with Crippen LogP contribution in [0.15, 0.2) is 12.1 Å². The minimum absolute atomic E-state index is 0.00648. The fourth-order valence-corrected chi connectivity index (χ4v) is 1.33. The quantitative estimate of drug-likeness (QED) is 0.861. The molecule has 1 N–H and O–H groups in total. The summed E-state index contributed by atoms with van der Waals surface area (Å²) in [6.45, 7) is -0.570. The molecular weight excluding hydrogens is 233 g/mol. The maximum absolute atomic E-state index is 12.4. The lowest BCUT2D eigenvalue weighted by Crippen LogP contribution is -2.06. The number of benzene rings is 1. The van der Waals surface area contributed by atoms with E-state index in [-0.39, 0.29) is 16.3 Å². The van der Waals surface area contributed by atoms with Crippen LogP contribution in [-0.4, -0.2) is 12.2 Å². The number of hydrogen-bond donors (Lipinski definition) is 1. The van der Waals surface area contributed by atoms with E-state index in [1.54, 1.807) is 0 Å². The van der Waals surface area contributed by atoms with Gasteiger partial charge in [-0.1, -0.05) is 11.6 Å². The molecule has 0 aromatic heterocycles. The number of aliphatic hydroxyl groups is 1. The summed E-state index contributed by atoms with van der Waals surface area (Å²) < 4.78 is 41.8. The summed E-state index contributed by atoms with van der Waals surface area (Å²) in [6, 6.07) is 1.59. The Kier molecular flexibility index (Phi) is 3.46. The predicted octanol–water partition coefficient (Wildman–Crippen LogP) is 2.86. The van der Waals surface area contributed by atoms with E-state index >= 15 is 0 Å². The number of methoxy groups -OCH3 is 1. The van der Waals surface area contributed by atoms with Crippen LogP contribution in [0.1, 0.15) is 11.1 Å². The second-order valence-electron chi connectivity index (χ2n) is 2.81. The molecular formula is C9H8ClF3O2. The highest BCUT2D eigenvalue weighted by molar-refractivity contribution is 6.32. The van der Waals surface area contributed by atoms with Crippen molar-refractivity contribution in [2.75, 3.05) is 7.11 Å². The van der Waals surface area contributed by atoms with Gasteiger partial charge in [0, 0.05) is 5.56 Å². The Morgan fingerprint density at radius 2 is 2.00 bits per heavy atom. The Hall–Kier alpha value is -0.940. The lowest BCUT2D eigenvalue weighted by atomic mass is 10.1. The van der Waals surface area contributed by atoms with Crippen LogP contribution in [0, 0.1) is 0 Å². The molecule has 0 fully saturated rings. The van der Waals surface area contributed by atoms with Crippen LogP contribution in [0.4, 0.5) is 13.2 Å². The fourth-order valence-electron chi connectivity index (χ4n) is 1.08. The number of rotatable bonds is 2. The van der Waals surface area contributed by atoms with E-state index in [0.717, 1.165) is 12.1 Å². The van der Waals surface area contributed by atoms with Crippen molar-refractivity contribution in [1.82, 2.24) is 0 Å². The first-order valence-electron chi connectivity index (χ1n) is 3.94. The van der Waals surface area contributed by atoms with Gasteiger partial charge in [-0.15, -0.1) is 0 Å². The maximum Gasteiger partial charge on any atom is 0.416 e. The van der Waals surface area contributed by atoms with E-state index in [0.29, 0.717) is 0 Å². The van der Waals surface area contributed by atoms with Gasteiger partial charge in [-0.25, -0.2) is 0 Å². The fraction of sp³-hybridized carbons (Fsp3) is 0.333. The molecule has 0 heterocycles. The Morgan fingerprint density at radius 3 is 2.40 bits per heavy atom. The molecule has 6 heteroatoms. The van der Waals surface area contributed by atoms with Gasteiger partial charge in [0.2, 0.25) is 0 Å². The lowest BCUT2D eigenvalue weighted by molar-refractivity contribution is -0.137. The summed E-state index contributed by atoms with van der Waals surface area (Å²) in [4.78, 5) is 0. The number of aliphatic hydroxyl groups excluding tert-OH is 1. The molecule has 0 saturated carbocycles. The highest BCUT2D eigenvalue weighted by Crippen LogP contribution is 2.37. The average molecular weight is 241 g/mol. The van der Waals surface area contributed by atoms with Gasteiger partial charge in [0.1, 0.15) is 5.75 Å². The third-order valence-corrected chi connectivity index (χ3v) is 2.26. The number of ether oxygens (including phenoxy) is 1. The van der Waals surface area contributed by atoms with Crippen molar-refractivity contribution in [3.05, 3.63) is 28.3 Å². The molecule has 0 atom stereocenters. The maximum atomic E-state index is 12.4. The van der Waals surface area contributed by atoms with E-state index < -0.39 is 18.3 Å². The van der Waals surface area contributed by atoms with Crippen molar-refractivity contribution >= 4 is 11.6 Å². The third kappa shape index (κ3) is 2.54. The molecule has 0 unspecified atom stereocenters. The molecule has 1 rings (SSSR count). The highest BCUT2D eigenvalue weighted by Gasteiger charge is 2.32. The average Bonchev–Trinajstić information content (AvgIpc) is 2.16. The molecule has 1 aromatic rings. The summed E-state index contributed by atoms with van der Waals surface area (Å²) in [5.41, 5.74) is -0.906. The molecule has 84 valence electrons. The third-order valence-electron chi connectivity index (χ3n) is 1.83. The monoisotopic (exact) mass is 240 g/mol. The molecule has 0 aliphatic carbocycles. The molecule has 0 aliphatic rings. The van der Waals surface area contributed by atoms with E-state index in [9.17, 15) is 13.2 Å². The summed E-state index contributed by atoms with van der Waals surface area (Å²) in [5, 5.41) is 8.81. The van der Waals surface area contributed by atoms with Crippen molar-refractivity contribution in [1.29, 1.82) is 0 Å². The van der Waals surface area contributed by atoms with Gasteiger partial charge in [-0.3, -0.25) is 0 Å². The topological polar surface area (TPSA) is 29.5 Å². The van der Waals surface area contributed by atoms with Crippen molar-refractivity contribution in [2.24, 2.45) is 0 Å². The van der Waals surface area contributed by atoms with Crippen molar-refractivity contribution < 1.29 is 23.0 Å². The minimum Gasteiger partial charge on any atom is -0.495 e. The van der Waals surface area contributed by atoms with E-state index in [1.165, 1.54) is 7.11 Å². The van der Waals surface area contributed by atoms with Gasteiger partial charge in [-0.2, -0.15) is 13.2 Å². The first-order chi connectivity index (χ1) is 6.90. The molecule has 0 spiro atoms. The second kappa shape index (κ2) is 4.28. The largest absolute Gasteiger partial charge is 0.495 e. The smallest absolute Gasteiger partial charge is 0.416 e. The highest BCUT2D eigenvalue weighted by atomic mass is 35.5. The number of hydrogen-bond acceptors (Lipinski definition) is 2. The molecule has 2 nitrogen and oxygen atoms in total. The van der Waals surface area contributed by atoms with Crippen LogP contribution in [-0.2, 0) is 12.8 Å². The van der Waals surface area contributed by atoms with Crippen molar-refractivity contribution in [2.45, 2.75) is 12.8 Å². The number of halogens is 4. The second-order valence-corrected chi connectivity index (χ2v) is 3.19. The van der Waals surface area contributed by atoms with Crippen LogP contribution in [0.2, 0.25) is 5.02 Å². The summed E-state index contributed by atoms with van der Waals surface area (Å²) in [6.07, 6.45) is -4.48. The standard InChI is InChI=1S/C9H8ClF3O2/c1-15-7-3-6(9(11,12)13)2-5(4-14)8(7)10/h2-3,14H,4H2,1H3. The van der Waals surface area contributed by atoms with Crippen molar-refractivity contribution in [3.63, 3.8) is 0 Å². The Bertz CT molecular complexity index is 338. The lowest BCUT2D eigenvalue weighted by Gasteiger charge is -2.12. The van der Waals surface area contributed by atoms with Crippen LogP contribution in [0.25, 0.3) is 0 Å². The zero-order chi connectivity index (χ0) is 11.6. The molecule has 15 heavy (non-hydrogen) atoms. The molecule has 0 aliphatic heterocycles. The Labute approximate surface area is 89.2 Å². The van der Waals surface area contributed by atoms with E-state index in [1.807, 2.05) is 0 Å². The van der Waals surface area contributed by atoms with Crippen LogP contribution in [0.3, 0.4) is 0 Å². The van der Waals surface area contributed by atoms with E-state index in [2.05, 4.69) is 4.74 Å². The summed E-state index contributed by atoms with van der Waals surface area (Å²) in [7, 11) is 1.21. The molecule has 0 radical (unpaired) electrons. The summed E-state index contributed by atoms with van der Waals surface area (Å²) >= 11 is 5.68. The van der Waals surface area contributed by atoms with E-state index in [4.69, 9.17) is 16.7 Å². The van der Waals surface area contributed by atoms with Gasteiger partial charge in [0.15, 0.2) is 0 Å². The predicted molar refractivity (Wildman–Crippen MR) is 48.9 cm³/mol. The van der Waals surface area contributed by atoms with Gasteiger partial charge < -0.3 is 9.84 Å². The molecule has 0 bridgehead atoms. The summed E-state index contributed by atoms with van der Waals surface area (Å²) in [5.74, 6) is -0.101. The van der Waals surface area contributed by atoms with Crippen LogP contribution in [0.5, 0.6) is 5.75 Å². The van der Waals surface area contributed by atoms with Crippen LogP contribution >= 0.6 is 11.6 Å². The Balaban J connectivity index is 3.33. The minimum atomic E-state index is -4.48. The van der Waals surface area contributed by atoms with Gasteiger partial charge >= 0.3 is 6.18 Å². The first-order valence-corrected chi connectivity index (χ1v) is 4.32. The SMILES string of the molecule is COc1cc(C(F)(F)F)cc(CO)c1Cl. The first kappa shape index (κ1) is 12.1. The van der Waals surface area contributed by atoms with Crippen molar-refractivity contribution in [3.8, 4) is 5.75 Å².